The van der Waals surface area contributed by atoms with Crippen LogP contribution < -0.4 is 5.32 Å². The van der Waals surface area contributed by atoms with Crippen molar-refractivity contribution in [1.29, 1.82) is 0 Å². The summed E-state index contributed by atoms with van der Waals surface area (Å²) in [5, 5.41) is 9.36. The van der Waals surface area contributed by atoms with Crippen LogP contribution in [-0.4, -0.2) is 39.9 Å². The number of halogens is 1. The Hall–Kier alpha value is -2.14. The van der Waals surface area contributed by atoms with Crippen LogP contribution in [0, 0.1) is 0 Å². The maximum atomic E-state index is 6.11. The minimum absolute atomic E-state index is 0.548. The molecule has 1 N–H and O–H groups in total. The topological polar surface area (TPSA) is 33.1 Å². The lowest BCUT2D eigenvalue weighted by Gasteiger charge is -2.33. The predicted molar refractivity (Wildman–Crippen MR) is 121 cm³/mol. The number of hydrogen-bond donors (Lipinski definition) is 1. The highest BCUT2D eigenvalue weighted by Gasteiger charge is 2.22. The standard InChI is InChI=1S/C24H29ClN4/c1-18(2)26-22-12-14-28(15-13-22)16-20-17-29(23-6-4-3-5-7-23)27-24(20)19-8-10-21(25)11-9-19/h3-11,17-18,22,26H,12-16H2,1-2H3. The molecular weight excluding hydrogens is 380 g/mol. The number of hydrogen-bond acceptors (Lipinski definition) is 3. The monoisotopic (exact) mass is 408 g/mol. The van der Waals surface area contributed by atoms with Gasteiger partial charge in [-0.05, 0) is 50.2 Å². The number of likely N-dealkylation sites (tertiary alicyclic amines) is 1. The van der Waals surface area contributed by atoms with Crippen molar-refractivity contribution < 1.29 is 0 Å². The second-order valence-corrected chi connectivity index (χ2v) is 8.60. The number of nitrogens with one attached hydrogen (secondary N) is 1. The van der Waals surface area contributed by atoms with E-state index in [0.29, 0.717) is 12.1 Å². The van der Waals surface area contributed by atoms with E-state index in [2.05, 4.69) is 54.5 Å². The molecule has 2 aromatic carbocycles. The van der Waals surface area contributed by atoms with Gasteiger partial charge in [-0.2, -0.15) is 5.10 Å². The lowest BCUT2D eigenvalue weighted by Crippen LogP contribution is -2.44. The van der Waals surface area contributed by atoms with Crippen molar-refractivity contribution >= 4 is 11.6 Å². The molecule has 1 aliphatic rings. The first-order valence-electron chi connectivity index (χ1n) is 10.5. The third-order valence-corrected chi connectivity index (χ3v) is 5.73. The van der Waals surface area contributed by atoms with Crippen molar-refractivity contribution in [1.82, 2.24) is 20.0 Å². The predicted octanol–water partition coefficient (Wildman–Crippen LogP) is 5.16. The Labute approximate surface area is 178 Å². The second-order valence-electron chi connectivity index (χ2n) is 8.16. The van der Waals surface area contributed by atoms with Gasteiger partial charge in [0.1, 0.15) is 0 Å². The van der Waals surface area contributed by atoms with Crippen LogP contribution in [0.1, 0.15) is 32.3 Å². The van der Waals surface area contributed by atoms with Crippen LogP contribution in [-0.2, 0) is 6.54 Å². The molecule has 1 aliphatic heterocycles. The summed E-state index contributed by atoms with van der Waals surface area (Å²) in [6.07, 6.45) is 4.57. The highest BCUT2D eigenvalue weighted by atomic mass is 35.5. The van der Waals surface area contributed by atoms with E-state index in [1.54, 1.807) is 0 Å². The van der Waals surface area contributed by atoms with Crippen molar-refractivity contribution in [2.45, 2.75) is 45.3 Å². The average molecular weight is 409 g/mol. The Morgan fingerprint density at radius 2 is 1.72 bits per heavy atom. The Kier molecular flexibility index (Phi) is 6.34. The molecule has 0 spiro atoms. The summed E-state index contributed by atoms with van der Waals surface area (Å²) in [5.74, 6) is 0. The summed E-state index contributed by atoms with van der Waals surface area (Å²) in [6.45, 7) is 7.59. The Balaban J connectivity index is 1.57. The maximum absolute atomic E-state index is 6.11. The molecule has 0 unspecified atom stereocenters. The van der Waals surface area contributed by atoms with Gasteiger partial charge in [0.05, 0.1) is 11.4 Å². The molecule has 29 heavy (non-hydrogen) atoms. The minimum atomic E-state index is 0.548. The molecule has 0 atom stereocenters. The fraction of sp³-hybridized carbons (Fsp3) is 0.375. The molecule has 0 bridgehead atoms. The molecule has 1 saturated heterocycles. The van der Waals surface area contributed by atoms with Gasteiger partial charge in [0, 0.05) is 41.0 Å². The number of piperidine rings is 1. The highest BCUT2D eigenvalue weighted by Crippen LogP contribution is 2.27. The van der Waals surface area contributed by atoms with Crippen LogP contribution in [0.25, 0.3) is 16.9 Å². The van der Waals surface area contributed by atoms with E-state index in [-0.39, 0.29) is 0 Å². The van der Waals surface area contributed by atoms with E-state index in [0.717, 1.165) is 41.6 Å². The smallest absolute Gasteiger partial charge is 0.0972 e. The SMILES string of the molecule is CC(C)NC1CCN(Cc2cn(-c3ccccc3)nc2-c2ccc(Cl)cc2)CC1. The molecule has 1 aromatic heterocycles. The number of nitrogens with zero attached hydrogens (tertiary/aromatic N) is 3. The molecule has 4 nitrogen and oxygen atoms in total. The third kappa shape index (κ3) is 5.08. The molecule has 0 amide bonds. The van der Waals surface area contributed by atoms with Crippen molar-refractivity contribution in [2.24, 2.45) is 0 Å². The Morgan fingerprint density at radius 3 is 2.38 bits per heavy atom. The third-order valence-electron chi connectivity index (χ3n) is 5.48. The molecule has 5 heteroatoms. The molecule has 4 rings (SSSR count). The zero-order valence-corrected chi connectivity index (χ0v) is 17.9. The fourth-order valence-corrected chi connectivity index (χ4v) is 4.19. The van der Waals surface area contributed by atoms with Gasteiger partial charge in [-0.3, -0.25) is 4.90 Å². The van der Waals surface area contributed by atoms with Crippen LogP contribution in [0.3, 0.4) is 0 Å². The quantitative estimate of drug-likeness (QED) is 0.611. The number of rotatable bonds is 6. The summed E-state index contributed by atoms with van der Waals surface area (Å²) >= 11 is 6.11. The van der Waals surface area contributed by atoms with Crippen LogP contribution in [0.15, 0.2) is 60.8 Å². The first-order chi connectivity index (χ1) is 14.1. The molecule has 152 valence electrons. The molecule has 3 aromatic rings. The van der Waals surface area contributed by atoms with E-state index in [1.165, 1.54) is 18.4 Å². The zero-order valence-electron chi connectivity index (χ0n) is 17.2. The van der Waals surface area contributed by atoms with Crippen molar-refractivity contribution in [3.63, 3.8) is 0 Å². The maximum Gasteiger partial charge on any atom is 0.0972 e. The first-order valence-corrected chi connectivity index (χ1v) is 10.8. The van der Waals surface area contributed by atoms with E-state index in [1.807, 2.05) is 35.0 Å². The van der Waals surface area contributed by atoms with E-state index < -0.39 is 0 Å². The van der Waals surface area contributed by atoms with Crippen LogP contribution >= 0.6 is 11.6 Å². The molecule has 0 radical (unpaired) electrons. The van der Waals surface area contributed by atoms with Gasteiger partial charge < -0.3 is 5.32 Å². The zero-order chi connectivity index (χ0) is 20.2. The number of aromatic nitrogens is 2. The molecule has 0 saturated carbocycles. The van der Waals surface area contributed by atoms with Gasteiger partial charge in [-0.1, -0.05) is 55.8 Å². The van der Waals surface area contributed by atoms with Gasteiger partial charge in [-0.25, -0.2) is 4.68 Å². The van der Waals surface area contributed by atoms with Gasteiger partial charge in [0.25, 0.3) is 0 Å². The summed E-state index contributed by atoms with van der Waals surface area (Å²) in [7, 11) is 0. The lowest BCUT2D eigenvalue weighted by atomic mass is 10.0. The van der Waals surface area contributed by atoms with E-state index in [4.69, 9.17) is 16.7 Å². The van der Waals surface area contributed by atoms with Gasteiger partial charge in [0.15, 0.2) is 0 Å². The fourth-order valence-electron chi connectivity index (χ4n) is 4.06. The minimum Gasteiger partial charge on any atom is -0.312 e. The molecular formula is C24H29ClN4. The average Bonchev–Trinajstić information content (AvgIpc) is 3.14. The lowest BCUT2D eigenvalue weighted by molar-refractivity contribution is 0.186. The van der Waals surface area contributed by atoms with Gasteiger partial charge in [-0.15, -0.1) is 0 Å². The summed E-state index contributed by atoms with van der Waals surface area (Å²) < 4.78 is 1.99. The van der Waals surface area contributed by atoms with E-state index >= 15 is 0 Å². The van der Waals surface area contributed by atoms with Crippen molar-refractivity contribution in [3.05, 3.63) is 71.4 Å². The van der Waals surface area contributed by atoms with Crippen molar-refractivity contribution in [2.75, 3.05) is 13.1 Å². The van der Waals surface area contributed by atoms with Gasteiger partial charge in [0.2, 0.25) is 0 Å². The Bertz CT molecular complexity index is 910. The normalized spacial score (nSPS) is 15.9. The summed E-state index contributed by atoms with van der Waals surface area (Å²) in [6, 6.07) is 19.5. The number of para-hydroxylation sites is 1. The van der Waals surface area contributed by atoms with Crippen LogP contribution in [0.4, 0.5) is 0 Å². The van der Waals surface area contributed by atoms with Crippen LogP contribution in [0.5, 0.6) is 0 Å². The van der Waals surface area contributed by atoms with Crippen LogP contribution in [0.2, 0.25) is 5.02 Å². The largest absolute Gasteiger partial charge is 0.312 e. The van der Waals surface area contributed by atoms with Gasteiger partial charge >= 0.3 is 0 Å². The first kappa shape index (κ1) is 20.1. The number of benzene rings is 2. The molecule has 0 aliphatic carbocycles. The van der Waals surface area contributed by atoms with Crippen molar-refractivity contribution in [3.8, 4) is 16.9 Å². The highest BCUT2D eigenvalue weighted by molar-refractivity contribution is 6.30. The second kappa shape index (κ2) is 9.12. The summed E-state index contributed by atoms with van der Waals surface area (Å²) in [5.41, 5.74) is 4.48. The molecule has 2 heterocycles. The van der Waals surface area contributed by atoms with E-state index in [9.17, 15) is 0 Å². The Morgan fingerprint density at radius 1 is 1.03 bits per heavy atom. The summed E-state index contributed by atoms with van der Waals surface area (Å²) in [4.78, 5) is 2.55. The molecule has 1 fully saturated rings.